The number of nitrogens with one attached hydrogen (secondary N) is 1. The highest BCUT2D eigenvalue weighted by Gasteiger charge is 2.07. The van der Waals surface area contributed by atoms with E-state index >= 15 is 0 Å². The molecule has 1 aromatic carbocycles. The molecule has 2 N–H and O–H groups in total. The summed E-state index contributed by atoms with van der Waals surface area (Å²) in [6.07, 6.45) is 3.16. The molecule has 1 rings (SSSR count). The number of aliphatic hydroxyl groups is 1. The van der Waals surface area contributed by atoms with Crippen LogP contribution in [0.5, 0.6) is 5.75 Å². The van der Waals surface area contributed by atoms with Crippen molar-refractivity contribution in [2.45, 2.75) is 32.3 Å². The summed E-state index contributed by atoms with van der Waals surface area (Å²) in [5.74, 6) is 0.785. The molecule has 1 aromatic rings. The first-order valence-electron chi connectivity index (χ1n) is 6.30. The number of hydrogen-bond donors (Lipinski definition) is 2. The Bertz CT molecular complexity index is 315. The average Bonchev–Trinajstić information content (AvgIpc) is 2.38. The van der Waals surface area contributed by atoms with Crippen LogP contribution in [0.1, 0.15) is 37.9 Å². The van der Waals surface area contributed by atoms with E-state index in [9.17, 15) is 5.11 Å². The lowest BCUT2D eigenvalue weighted by Crippen LogP contribution is -2.22. The molecule has 3 heteroatoms. The second kappa shape index (κ2) is 8.09. The quantitative estimate of drug-likeness (QED) is 0.683. The number of aliphatic hydroxyl groups excluding tert-OH is 1. The molecule has 1 atom stereocenters. The van der Waals surface area contributed by atoms with Crippen molar-refractivity contribution in [1.29, 1.82) is 0 Å². The summed E-state index contributed by atoms with van der Waals surface area (Å²) in [6.45, 7) is 3.75. The molecule has 0 saturated heterocycles. The van der Waals surface area contributed by atoms with Crippen LogP contribution in [0.15, 0.2) is 24.3 Å². The van der Waals surface area contributed by atoms with Crippen LogP contribution >= 0.6 is 0 Å². The first-order chi connectivity index (χ1) is 8.27. The molecule has 0 aliphatic carbocycles. The molecule has 0 fully saturated rings. The number of methoxy groups -OCH3 is 1. The van der Waals surface area contributed by atoms with Gasteiger partial charge in [-0.15, -0.1) is 0 Å². The zero-order valence-electron chi connectivity index (χ0n) is 10.8. The maximum Gasteiger partial charge on any atom is 0.119 e. The lowest BCUT2D eigenvalue weighted by atomic mass is 10.1. The molecule has 0 bridgehead atoms. The lowest BCUT2D eigenvalue weighted by molar-refractivity contribution is 0.174. The van der Waals surface area contributed by atoms with Crippen LogP contribution in [-0.2, 0) is 0 Å². The minimum absolute atomic E-state index is 0.466. The Morgan fingerprint density at radius 3 is 2.88 bits per heavy atom. The molecule has 0 aliphatic heterocycles. The third kappa shape index (κ3) is 5.20. The molecule has 3 nitrogen and oxygen atoms in total. The number of benzene rings is 1. The maximum absolute atomic E-state index is 9.98. The molecule has 0 amide bonds. The van der Waals surface area contributed by atoms with Gasteiger partial charge in [0.1, 0.15) is 5.75 Å². The van der Waals surface area contributed by atoms with Crippen LogP contribution in [-0.4, -0.2) is 25.3 Å². The highest BCUT2D eigenvalue weighted by molar-refractivity contribution is 5.29. The summed E-state index contributed by atoms with van der Waals surface area (Å²) in [4.78, 5) is 0. The van der Waals surface area contributed by atoms with Crippen LogP contribution in [0.2, 0.25) is 0 Å². The van der Waals surface area contributed by atoms with Crippen molar-refractivity contribution in [3.63, 3.8) is 0 Å². The largest absolute Gasteiger partial charge is 0.497 e. The molecule has 0 heterocycles. The van der Waals surface area contributed by atoms with Crippen molar-refractivity contribution in [2.75, 3.05) is 20.2 Å². The zero-order chi connectivity index (χ0) is 12.5. The van der Waals surface area contributed by atoms with E-state index < -0.39 is 6.10 Å². The number of hydrogen-bond acceptors (Lipinski definition) is 3. The van der Waals surface area contributed by atoms with E-state index in [0.29, 0.717) is 6.54 Å². The minimum atomic E-state index is -0.466. The molecule has 0 radical (unpaired) electrons. The summed E-state index contributed by atoms with van der Waals surface area (Å²) in [5.41, 5.74) is 0.896. The molecular formula is C14H23NO2. The van der Waals surface area contributed by atoms with Crippen LogP contribution < -0.4 is 10.1 Å². The highest BCUT2D eigenvalue weighted by Crippen LogP contribution is 2.18. The van der Waals surface area contributed by atoms with Crippen molar-refractivity contribution in [3.05, 3.63) is 29.8 Å². The van der Waals surface area contributed by atoms with Gasteiger partial charge in [-0.2, -0.15) is 0 Å². The molecule has 0 spiro atoms. The Labute approximate surface area is 104 Å². The van der Waals surface area contributed by atoms with Crippen molar-refractivity contribution in [2.24, 2.45) is 0 Å². The van der Waals surface area contributed by atoms with Gasteiger partial charge in [-0.1, -0.05) is 31.9 Å². The van der Waals surface area contributed by atoms with E-state index in [2.05, 4.69) is 12.2 Å². The van der Waals surface area contributed by atoms with E-state index in [1.807, 2.05) is 24.3 Å². The Hall–Kier alpha value is -1.06. The van der Waals surface area contributed by atoms with Gasteiger partial charge in [-0.25, -0.2) is 0 Å². The predicted molar refractivity (Wildman–Crippen MR) is 70.3 cm³/mol. The smallest absolute Gasteiger partial charge is 0.119 e. The van der Waals surface area contributed by atoms with E-state index in [0.717, 1.165) is 17.9 Å². The summed E-state index contributed by atoms with van der Waals surface area (Å²) < 4.78 is 5.13. The fourth-order valence-corrected chi connectivity index (χ4v) is 1.71. The van der Waals surface area contributed by atoms with Crippen molar-refractivity contribution < 1.29 is 9.84 Å². The van der Waals surface area contributed by atoms with Gasteiger partial charge >= 0.3 is 0 Å². The average molecular weight is 237 g/mol. The monoisotopic (exact) mass is 237 g/mol. The van der Waals surface area contributed by atoms with Crippen molar-refractivity contribution >= 4 is 0 Å². The molecule has 0 saturated carbocycles. The van der Waals surface area contributed by atoms with E-state index in [4.69, 9.17) is 4.74 Å². The first kappa shape index (κ1) is 14.0. The molecule has 96 valence electrons. The standard InChI is InChI=1S/C14H23NO2/c1-3-4-5-9-15-11-14(16)12-7-6-8-13(10-12)17-2/h6-8,10,14-16H,3-5,9,11H2,1-2H3. The summed E-state index contributed by atoms with van der Waals surface area (Å²) in [5, 5.41) is 13.2. The van der Waals surface area contributed by atoms with Gasteiger partial charge in [0.15, 0.2) is 0 Å². The molecule has 17 heavy (non-hydrogen) atoms. The lowest BCUT2D eigenvalue weighted by Gasteiger charge is -2.13. The summed E-state index contributed by atoms with van der Waals surface area (Å²) in [6, 6.07) is 7.57. The van der Waals surface area contributed by atoms with Crippen LogP contribution in [0, 0.1) is 0 Å². The first-order valence-corrected chi connectivity index (χ1v) is 6.30. The van der Waals surface area contributed by atoms with Gasteiger partial charge < -0.3 is 15.2 Å². The van der Waals surface area contributed by atoms with E-state index in [-0.39, 0.29) is 0 Å². The Kier molecular flexibility index (Phi) is 6.67. The molecule has 1 unspecified atom stereocenters. The second-order valence-corrected chi connectivity index (χ2v) is 4.20. The maximum atomic E-state index is 9.98. The van der Waals surface area contributed by atoms with E-state index in [1.54, 1.807) is 7.11 Å². The highest BCUT2D eigenvalue weighted by atomic mass is 16.5. The second-order valence-electron chi connectivity index (χ2n) is 4.20. The Morgan fingerprint density at radius 2 is 2.18 bits per heavy atom. The number of ether oxygens (including phenoxy) is 1. The molecule has 0 aliphatic rings. The minimum Gasteiger partial charge on any atom is -0.497 e. The van der Waals surface area contributed by atoms with E-state index in [1.165, 1.54) is 19.3 Å². The van der Waals surface area contributed by atoms with Gasteiger partial charge in [0, 0.05) is 6.54 Å². The van der Waals surface area contributed by atoms with Gasteiger partial charge in [-0.05, 0) is 30.7 Å². The van der Waals surface area contributed by atoms with Crippen LogP contribution in [0.4, 0.5) is 0 Å². The number of unbranched alkanes of at least 4 members (excludes halogenated alkanes) is 2. The molecule has 0 aromatic heterocycles. The summed E-state index contributed by atoms with van der Waals surface area (Å²) in [7, 11) is 1.63. The molecular weight excluding hydrogens is 214 g/mol. The number of rotatable bonds is 8. The fourth-order valence-electron chi connectivity index (χ4n) is 1.71. The third-order valence-electron chi connectivity index (χ3n) is 2.77. The van der Waals surface area contributed by atoms with Crippen molar-refractivity contribution in [1.82, 2.24) is 5.32 Å². The normalized spacial score (nSPS) is 12.4. The predicted octanol–water partition coefficient (Wildman–Crippen LogP) is 2.51. The topological polar surface area (TPSA) is 41.5 Å². The van der Waals surface area contributed by atoms with Crippen LogP contribution in [0.3, 0.4) is 0 Å². The van der Waals surface area contributed by atoms with Gasteiger partial charge in [0.25, 0.3) is 0 Å². The zero-order valence-corrected chi connectivity index (χ0v) is 10.8. The Balaban J connectivity index is 2.33. The summed E-state index contributed by atoms with van der Waals surface area (Å²) >= 11 is 0. The van der Waals surface area contributed by atoms with Gasteiger partial charge in [0.2, 0.25) is 0 Å². The SMILES string of the molecule is CCCCCNCC(O)c1cccc(OC)c1. The fraction of sp³-hybridized carbons (Fsp3) is 0.571. The Morgan fingerprint density at radius 1 is 1.35 bits per heavy atom. The van der Waals surface area contributed by atoms with Crippen LogP contribution in [0.25, 0.3) is 0 Å². The third-order valence-corrected chi connectivity index (χ3v) is 2.77. The van der Waals surface area contributed by atoms with Crippen molar-refractivity contribution in [3.8, 4) is 5.75 Å². The van der Waals surface area contributed by atoms with Gasteiger partial charge in [0.05, 0.1) is 13.2 Å². The van der Waals surface area contributed by atoms with Gasteiger partial charge in [-0.3, -0.25) is 0 Å².